The van der Waals surface area contributed by atoms with E-state index in [0.29, 0.717) is 13.2 Å². The summed E-state index contributed by atoms with van der Waals surface area (Å²) < 4.78 is 17.1. The van der Waals surface area contributed by atoms with E-state index < -0.39 is 0 Å². The second-order valence-electron chi connectivity index (χ2n) is 4.74. The van der Waals surface area contributed by atoms with Crippen LogP contribution in [0.3, 0.4) is 0 Å². The standard InChI is InChI=1S/C15H20O3/c1-5-16-11-9-13(17-6-2)12-7-8-15(3,4)18-14(12)10-11/h7-10H,5-6H2,1-4H3. The van der Waals surface area contributed by atoms with Crippen molar-refractivity contribution in [3.63, 3.8) is 0 Å². The minimum atomic E-state index is -0.290. The Kier molecular flexibility index (Phi) is 3.50. The Hall–Kier alpha value is -1.64. The predicted molar refractivity (Wildman–Crippen MR) is 72.5 cm³/mol. The number of hydrogen-bond acceptors (Lipinski definition) is 3. The van der Waals surface area contributed by atoms with Gasteiger partial charge >= 0.3 is 0 Å². The van der Waals surface area contributed by atoms with Crippen molar-refractivity contribution >= 4 is 6.08 Å². The second-order valence-corrected chi connectivity index (χ2v) is 4.74. The van der Waals surface area contributed by atoms with E-state index in [1.54, 1.807) is 0 Å². The van der Waals surface area contributed by atoms with Crippen LogP contribution in [0.5, 0.6) is 17.2 Å². The highest BCUT2D eigenvalue weighted by Crippen LogP contribution is 2.40. The van der Waals surface area contributed by atoms with Crippen LogP contribution in [0.4, 0.5) is 0 Å². The van der Waals surface area contributed by atoms with E-state index in [0.717, 1.165) is 22.8 Å². The van der Waals surface area contributed by atoms with E-state index >= 15 is 0 Å². The molecular formula is C15H20O3. The summed E-state index contributed by atoms with van der Waals surface area (Å²) >= 11 is 0. The van der Waals surface area contributed by atoms with Gasteiger partial charge in [0.15, 0.2) is 0 Å². The van der Waals surface area contributed by atoms with E-state index in [9.17, 15) is 0 Å². The summed E-state index contributed by atoms with van der Waals surface area (Å²) in [6, 6.07) is 3.84. The Labute approximate surface area is 108 Å². The molecule has 2 rings (SSSR count). The number of ether oxygens (including phenoxy) is 3. The van der Waals surface area contributed by atoms with Crippen LogP contribution in [0, 0.1) is 0 Å². The first kappa shape index (κ1) is 12.8. The zero-order chi connectivity index (χ0) is 13.2. The van der Waals surface area contributed by atoms with Crippen molar-refractivity contribution in [3.05, 3.63) is 23.8 Å². The van der Waals surface area contributed by atoms with Crippen LogP contribution in [0.2, 0.25) is 0 Å². The molecule has 0 N–H and O–H groups in total. The molecule has 1 aliphatic rings. The zero-order valence-electron chi connectivity index (χ0n) is 11.4. The predicted octanol–water partition coefficient (Wildman–Crippen LogP) is 3.67. The molecule has 98 valence electrons. The third-order valence-electron chi connectivity index (χ3n) is 2.71. The highest BCUT2D eigenvalue weighted by atomic mass is 16.5. The van der Waals surface area contributed by atoms with Gasteiger partial charge in [-0.1, -0.05) is 0 Å². The molecule has 0 aliphatic carbocycles. The molecule has 0 bridgehead atoms. The minimum Gasteiger partial charge on any atom is -0.494 e. The van der Waals surface area contributed by atoms with Gasteiger partial charge in [0.25, 0.3) is 0 Å². The number of benzene rings is 1. The lowest BCUT2D eigenvalue weighted by Crippen LogP contribution is -2.27. The normalized spacial score (nSPS) is 15.8. The molecule has 0 atom stereocenters. The van der Waals surface area contributed by atoms with Gasteiger partial charge in [-0.25, -0.2) is 0 Å². The molecule has 3 nitrogen and oxygen atoms in total. The molecule has 0 aromatic heterocycles. The van der Waals surface area contributed by atoms with Gasteiger partial charge in [0.05, 0.1) is 18.8 Å². The molecule has 0 fully saturated rings. The number of fused-ring (bicyclic) bond motifs is 1. The van der Waals surface area contributed by atoms with Crippen molar-refractivity contribution < 1.29 is 14.2 Å². The summed E-state index contributed by atoms with van der Waals surface area (Å²) in [5, 5.41) is 0. The third kappa shape index (κ3) is 2.61. The smallest absolute Gasteiger partial charge is 0.135 e. The van der Waals surface area contributed by atoms with Gasteiger partial charge in [-0.05, 0) is 39.8 Å². The van der Waals surface area contributed by atoms with E-state index in [2.05, 4.69) is 6.08 Å². The number of hydrogen-bond donors (Lipinski definition) is 0. The SMILES string of the molecule is CCOc1cc(OCC)c2c(c1)OC(C)(C)C=C2. The first-order valence-electron chi connectivity index (χ1n) is 6.37. The summed E-state index contributed by atoms with van der Waals surface area (Å²) in [5.41, 5.74) is 0.695. The lowest BCUT2D eigenvalue weighted by atomic mass is 10.0. The van der Waals surface area contributed by atoms with Crippen molar-refractivity contribution in [2.45, 2.75) is 33.3 Å². The molecule has 1 aliphatic heterocycles. The second kappa shape index (κ2) is 4.92. The van der Waals surface area contributed by atoms with Gasteiger partial charge in [-0.2, -0.15) is 0 Å². The van der Waals surface area contributed by atoms with Crippen molar-refractivity contribution in [2.24, 2.45) is 0 Å². The summed E-state index contributed by atoms with van der Waals surface area (Å²) in [5.74, 6) is 2.41. The van der Waals surface area contributed by atoms with Gasteiger partial charge in [0, 0.05) is 12.1 Å². The molecule has 0 unspecified atom stereocenters. The number of rotatable bonds is 4. The average molecular weight is 248 g/mol. The highest BCUT2D eigenvalue weighted by molar-refractivity contribution is 5.69. The van der Waals surface area contributed by atoms with Crippen LogP contribution in [0.1, 0.15) is 33.3 Å². The quantitative estimate of drug-likeness (QED) is 0.813. The summed E-state index contributed by atoms with van der Waals surface area (Å²) in [4.78, 5) is 0. The average Bonchev–Trinajstić information content (AvgIpc) is 2.28. The Morgan fingerprint density at radius 2 is 1.83 bits per heavy atom. The van der Waals surface area contributed by atoms with E-state index in [4.69, 9.17) is 14.2 Å². The van der Waals surface area contributed by atoms with Crippen LogP contribution in [0.25, 0.3) is 6.08 Å². The van der Waals surface area contributed by atoms with Crippen molar-refractivity contribution in [1.29, 1.82) is 0 Å². The van der Waals surface area contributed by atoms with Crippen molar-refractivity contribution in [1.82, 2.24) is 0 Å². The Balaban J connectivity index is 2.44. The first-order chi connectivity index (χ1) is 8.55. The van der Waals surface area contributed by atoms with Crippen LogP contribution in [-0.2, 0) is 0 Å². The molecule has 0 radical (unpaired) electrons. The molecular weight excluding hydrogens is 228 g/mol. The van der Waals surface area contributed by atoms with Gasteiger partial charge in [-0.15, -0.1) is 0 Å². The molecule has 0 saturated heterocycles. The maximum atomic E-state index is 5.95. The topological polar surface area (TPSA) is 27.7 Å². The van der Waals surface area contributed by atoms with Gasteiger partial charge in [0.1, 0.15) is 22.8 Å². The van der Waals surface area contributed by atoms with Crippen molar-refractivity contribution in [3.8, 4) is 17.2 Å². The van der Waals surface area contributed by atoms with Crippen molar-refractivity contribution in [2.75, 3.05) is 13.2 Å². The van der Waals surface area contributed by atoms with E-state index in [1.807, 2.05) is 45.9 Å². The van der Waals surface area contributed by atoms with Crippen LogP contribution in [0.15, 0.2) is 18.2 Å². The largest absolute Gasteiger partial charge is 0.494 e. The molecule has 3 heteroatoms. The fourth-order valence-electron chi connectivity index (χ4n) is 1.95. The third-order valence-corrected chi connectivity index (χ3v) is 2.71. The summed E-state index contributed by atoms with van der Waals surface area (Å²) in [6.45, 7) is 9.24. The van der Waals surface area contributed by atoms with Gasteiger partial charge < -0.3 is 14.2 Å². The van der Waals surface area contributed by atoms with E-state index in [1.165, 1.54) is 0 Å². The molecule has 0 spiro atoms. The molecule has 0 saturated carbocycles. The monoisotopic (exact) mass is 248 g/mol. The molecule has 1 aromatic carbocycles. The maximum Gasteiger partial charge on any atom is 0.135 e. The zero-order valence-corrected chi connectivity index (χ0v) is 11.4. The lowest BCUT2D eigenvalue weighted by Gasteiger charge is -2.29. The lowest BCUT2D eigenvalue weighted by molar-refractivity contribution is 0.157. The summed E-state index contributed by atoms with van der Waals surface area (Å²) in [7, 11) is 0. The molecule has 0 amide bonds. The summed E-state index contributed by atoms with van der Waals surface area (Å²) in [6.07, 6.45) is 4.09. The minimum absolute atomic E-state index is 0.290. The molecule has 18 heavy (non-hydrogen) atoms. The Bertz CT molecular complexity index is 461. The Morgan fingerprint density at radius 1 is 1.11 bits per heavy atom. The van der Waals surface area contributed by atoms with Gasteiger partial charge in [0.2, 0.25) is 0 Å². The maximum absolute atomic E-state index is 5.95. The van der Waals surface area contributed by atoms with Crippen LogP contribution < -0.4 is 14.2 Å². The first-order valence-corrected chi connectivity index (χ1v) is 6.37. The molecule has 1 heterocycles. The van der Waals surface area contributed by atoms with Crippen LogP contribution in [-0.4, -0.2) is 18.8 Å². The van der Waals surface area contributed by atoms with Gasteiger partial charge in [-0.3, -0.25) is 0 Å². The highest BCUT2D eigenvalue weighted by Gasteiger charge is 2.24. The Morgan fingerprint density at radius 3 is 2.50 bits per heavy atom. The van der Waals surface area contributed by atoms with Crippen LogP contribution >= 0.6 is 0 Å². The fraction of sp³-hybridized carbons (Fsp3) is 0.467. The molecule has 1 aromatic rings. The fourth-order valence-corrected chi connectivity index (χ4v) is 1.95. The van der Waals surface area contributed by atoms with E-state index in [-0.39, 0.29) is 5.60 Å².